The van der Waals surface area contributed by atoms with Crippen molar-refractivity contribution >= 4 is 38.4 Å². The summed E-state index contributed by atoms with van der Waals surface area (Å²) in [5.41, 5.74) is 5.57. The largest absolute Gasteiger partial charge is 0.490 e. The van der Waals surface area contributed by atoms with E-state index in [9.17, 15) is 9.18 Å². The molecule has 0 saturated heterocycles. The Morgan fingerprint density at radius 2 is 1.96 bits per heavy atom. The summed E-state index contributed by atoms with van der Waals surface area (Å²) in [7, 11) is 3.46. The van der Waals surface area contributed by atoms with Crippen LogP contribution in [0.3, 0.4) is 0 Å². The Morgan fingerprint density at radius 3 is 2.76 bits per heavy atom. The molecule has 234 valence electrons. The van der Waals surface area contributed by atoms with Crippen molar-refractivity contribution < 1.29 is 23.0 Å². The molecule has 46 heavy (non-hydrogen) atoms. The normalized spacial score (nSPS) is 14.6. The molecule has 6 aromatic rings. The second kappa shape index (κ2) is 11.8. The molecule has 0 radical (unpaired) electrons. The Kier molecular flexibility index (Phi) is 7.61. The van der Waals surface area contributed by atoms with E-state index in [4.69, 9.17) is 19.6 Å². The number of hydrogen-bond donors (Lipinski definition) is 0. The second-order valence-corrected chi connectivity index (χ2v) is 12.0. The summed E-state index contributed by atoms with van der Waals surface area (Å²) in [5, 5.41) is 7.67. The van der Waals surface area contributed by atoms with E-state index in [0.29, 0.717) is 35.7 Å². The van der Waals surface area contributed by atoms with Crippen LogP contribution in [0.1, 0.15) is 18.7 Å². The molecule has 9 nitrogen and oxygen atoms in total. The average molecular weight is 641 g/mol. The number of thiophene rings is 1. The van der Waals surface area contributed by atoms with Crippen LogP contribution in [0.2, 0.25) is 0 Å². The van der Waals surface area contributed by atoms with Crippen LogP contribution in [0.4, 0.5) is 8.78 Å². The monoisotopic (exact) mass is 640 g/mol. The first-order chi connectivity index (χ1) is 22.3. The zero-order chi connectivity index (χ0) is 32.1. The van der Waals surface area contributed by atoms with Crippen LogP contribution >= 0.6 is 11.3 Å². The van der Waals surface area contributed by atoms with Crippen LogP contribution < -0.4 is 4.74 Å². The number of nitrogens with zero attached hydrogens (tertiary/aromatic N) is 6. The lowest BCUT2D eigenvalue weighted by molar-refractivity contribution is -0.129. The van der Waals surface area contributed by atoms with Crippen molar-refractivity contribution in [2.45, 2.75) is 19.5 Å². The van der Waals surface area contributed by atoms with E-state index in [1.54, 1.807) is 11.2 Å². The summed E-state index contributed by atoms with van der Waals surface area (Å²) in [6.45, 7) is 6.84. The summed E-state index contributed by atoms with van der Waals surface area (Å²) < 4.78 is 46.3. The molecule has 12 heteroatoms. The number of carbonyl (C=O) groups excluding carboxylic acids is 1. The molecular weight excluding hydrogens is 610 g/mol. The van der Waals surface area contributed by atoms with Gasteiger partial charge in [-0.2, -0.15) is 5.10 Å². The third kappa shape index (κ3) is 4.94. The fourth-order valence-electron chi connectivity index (χ4n) is 6.11. The van der Waals surface area contributed by atoms with E-state index in [1.807, 2.05) is 58.9 Å². The predicted octanol–water partition coefficient (Wildman–Crippen LogP) is 6.77. The number of halogens is 2. The van der Waals surface area contributed by atoms with Gasteiger partial charge in [-0.15, -0.1) is 11.3 Å². The number of aromatic nitrogens is 5. The first-order valence-electron chi connectivity index (χ1n) is 14.7. The minimum absolute atomic E-state index is 0.0384. The predicted molar refractivity (Wildman–Crippen MR) is 174 cm³/mol. The first-order valence-corrected chi connectivity index (χ1v) is 15.6. The third-order valence-corrected chi connectivity index (χ3v) is 9.31. The highest BCUT2D eigenvalue weighted by molar-refractivity contribution is 7.18. The molecule has 0 bridgehead atoms. The Labute approximate surface area is 267 Å². The van der Waals surface area contributed by atoms with Crippen molar-refractivity contribution in [1.29, 1.82) is 0 Å². The van der Waals surface area contributed by atoms with Crippen molar-refractivity contribution in [1.82, 2.24) is 29.2 Å². The van der Waals surface area contributed by atoms with E-state index in [0.717, 1.165) is 38.4 Å². The number of pyridine rings is 1. The zero-order valence-corrected chi connectivity index (χ0v) is 26.3. The SMILES string of the molecule is C=CC(=O)N1CCn2nc(-c3nc(-c4ccc5ncn(C)c5c4)c4ccsc4c3-c3c(F)cc(F)cc3OCCOC)cc2[C@@H]1C. The van der Waals surface area contributed by atoms with Crippen LogP contribution in [0.5, 0.6) is 5.75 Å². The molecule has 5 heterocycles. The molecule has 2 aromatic carbocycles. The number of fused-ring (bicyclic) bond motifs is 3. The Hall–Kier alpha value is -4.94. The number of rotatable bonds is 8. The number of aryl methyl sites for hydroxylation is 1. The van der Waals surface area contributed by atoms with Gasteiger partial charge in [0.2, 0.25) is 5.91 Å². The molecule has 0 saturated carbocycles. The Balaban J connectivity index is 1.51. The van der Waals surface area contributed by atoms with E-state index >= 15 is 4.39 Å². The maximum Gasteiger partial charge on any atom is 0.246 e. The van der Waals surface area contributed by atoms with Gasteiger partial charge >= 0.3 is 0 Å². The number of methoxy groups -OCH3 is 1. The van der Waals surface area contributed by atoms with Gasteiger partial charge in [-0.05, 0) is 42.6 Å². The van der Waals surface area contributed by atoms with Crippen LogP contribution in [0.25, 0.3) is 54.9 Å². The molecule has 1 amide bonds. The molecule has 4 aromatic heterocycles. The first kappa shape index (κ1) is 29.8. The zero-order valence-electron chi connectivity index (χ0n) is 25.5. The van der Waals surface area contributed by atoms with Gasteiger partial charge in [-0.3, -0.25) is 9.48 Å². The van der Waals surface area contributed by atoms with Crippen molar-refractivity contribution in [3.8, 4) is 39.5 Å². The number of imidazole rings is 1. The minimum Gasteiger partial charge on any atom is -0.490 e. The smallest absolute Gasteiger partial charge is 0.246 e. The van der Waals surface area contributed by atoms with Crippen LogP contribution in [0.15, 0.2) is 66.8 Å². The highest BCUT2D eigenvalue weighted by atomic mass is 32.1. The highest BCUT2D eigenvalue weighted by Gasteiger charge is 2.31. The molecule has 1 atom stereocenters. The number of carbonyl (C=O) groups is 1. The minimum atomic E-state index is -0.783. The molecule has 7 rings (SSSR count). The summed E-state index contributed by atoms with van der Waals surface area (Å²) in [6.07, 6.45) is 3.07. The number of hydrogen-bond acceptors (Lipinski definition) is 7. The van der Waals surface area contributed by atoms with Gasteiger partial charge in [0.1, 0.15) is 35.4 Å². The van der Waals surface area contributed by atoms with E-state index in [1.165, 1.54) is 30.6 Å². The number of amides is 1. The van der Waals surface area contributed by atoms with Crippen molar-refractivity contribution in [3.05, 3.63) is 84.2 Å². The molecule has 0 N–H and O–H groups in total. The summed E-state index contributed by atoms with van der Waals surface area (Å²) in [4.78, 5) is 24.0. The van der Waals surface area contributed by atoms with E-state index < -0.39 is 11.6 Å². The molecule has 0 spiro atoms. The van der Waals surface area contributed by atoms with Crippen LogP contribution in [0, 0.1) is 11.6 Å². The van der Waals surface area contributed by atoms with Gasteiger partial charge < -0.3 is 18.9 Å². The van der Waals surface area contributed by atoms with Crippen molar-refractivity contribution in [3.63, 3.8) is 0 Å². The van der Waals surface area contributed by atoms with E-state index in [-0.39, 0.29) is 36.5 Å². The fraction of sp³-hybridized carbons (Fsp3) is 0.235. The topological polar surface area (TPSA) is 87.3 Å². The molecule has 1 aliphatic rings. The lowest BCUT2D eigenvalue weighted by Gasteiger charge is -2.33. The standard InChI is InChI=1S/C34H30F2N6O3S/c1-5-29(43)41-9-10-42-26(19(41)2)17-25(39-42)33-31(30-23(36)15-21(35)16-28(30)45-12-11-44-4)34-22(8-13-46-34)32(38-33)20-6-7-24-27(14-20)40(3)18-37-24/h5-8,13-19H,1,9-12H2,2-4H3/t19-/m0/s1. The number of ether oxygens (including phenoxy) is 2. The lowest BCUT2D eigenvalue weighted by Crippen LogP contribution is -2.40. The van der Waals surface area contributed by atoms with Gasteiger partial charge in [-0.1, -0.05) is 12.6 Å². The van der Waals surface area contributed by atoms with Gasteiger partial charge in [0.05, 0.1) is 53.5 Å². The van der Waals surface area contributed by atoms with Gasteiger partial charge in [-0.25, -0.2) is 18.7 Å². The van der Waals surface area contributed by atoms with Gasteiger partial charge in [0.15, 0.2) is 0 Å². The Morgan fingerprint density at radius 1 is 1.11 bits per heavy atom. The van der Waals surface area contributed by atoms with Crippen molar-refractivity contribution in [2.24, 2.45) is 7.05 Å². The van der Waals surface area contributed by atoms with Crippen molar-refractivity contribution in [2.75, 3.05) is 26.9 Å². The Bertz CT molecular complexity index is 2150. The lowest BCUT2D eigenvalue weighted by atomic mass is 9.96. The highest BCUT2D eigenvalue weighted by Crippen LogP contribution is 2.47. The fourth-order valence-corrected chi connectivity index (χ4v) is 7.06. The van der Waals surface area contributed by atoms with Gasteiger partial charge in [0.25, 0.3) is 0 Å². The molecule has 0 fully saturated rings. The number of benzene rings is 2. The maximum absolute atomic E-state index is 16.0. The maximum atomic E-state index is 16.0. The second-order valence-electron chi connectivity index (χ2n) is 11.1. The van der Waals surface area contributed by atoms with Crippen LogP contribution in [-0.4, -0.2) is 62.0 Å². The average Bonchev–Trinajstić information content (AvgIpc) is 3.80. The van der Waals surface area contributed by atoms with Gasteiger partial charge in [0, 0.05) is 54.0 Å². The van der Waals surface area contributed by atoms with E-state index in [2.05, 4.69) is 11.6 Å². The summed E-state index contributed by atoms with van der Waals surface area (Å²) >= 11 is 1.43. The van der Waals surface area contributed by atoms with Crippen LogP contribution in [-0.2, 0) is 23.1 Å². The molecule has 0 aliphatic carbocycles. The molecular formula is C34H30F2N6O3S. The molecule has 1 aliphatic heterocycles. The molecule has 0 unspecified atom stereocenters. The summed E-state index contributed by atoms with van der Waals surface area (Å²) in [5.74, 6) is -1.67. The summed E-state index contributed by atoms with van der Waals surface area (Å²) in [6, 6.07) is 11.5. The quantitative estimate of drug-likeness (QED) is 0.135. The third-order valence-electron chi connectivity index (χ3n) is 8.38.